The van der Waals surface area contributed by atoms with Gasteiger partial charge in [-0.05, 0) is 42.2 Å². The van der Waals surface area contributed by atoms with Crippen LogP contribution < -0.4 is 10.4 Å². The Labute approximate surface area is 87.0 Å². The van der Waals surface area contributed by atoms with E-state index in [1.807, 2.05) is 0 Å². The summed E-state index contributed by atoms with van der Waals surface area (Å²) >= 11 is 0. The summed E-state index contributed by atoms with van der Waals surface area (Å²) in [6.45, 7) is 4.39. The van der Waals surface area contributed by atoms with Crippen LogP contribution in [0.25, 0.3) is 11.6 Å². The fourth-order valence-corrected chi connectivity index (χ4v) is 2.26. The standard InChI is InChI=1S/C13H16.CH4/c1-3-10-6-5-7-12-9-8-11(4-2)13(10)12;/h3,5-7H,4,8-9H2,1-2H3;1H4/b10-3-;. The summed E-state index contributed by atoms with van der Waals surface area (Å²) in [7, 11) is 0. The van der Waals surface area contributed by atoms with E-state index in [9.17, 15) is 0 Å². The van der Waals surface area contributed by atoms with Gasteiger partial charge in [-0.3, -0.25) is 0 Å². The van der Waals surface area contributed by atoms with E-state index in [-0.39, 0.29) is 7.43 Å². The smallest absolute Gasteiger partial charge is 0.0163 e. The molecule has 0 heterocycles. The first-order valence-corrected chi connectivity index (χ1v) is 5.13. The molecule has 0 fully saturated rings. The summed E-state index contributed by atoms with van der Waals surface area (Å²) in [6.07, 6.45) is 5.95. The molecule has 1 aromatic rings. The van der Waals surface area contributed by atoms with Crippen molar-refractivity contribution in [2.24, 2.45) is 0 Å². The van der Waals surface area contributed by atoms with Crippen molar-refractivity contribution in [1.29, 1.82) is 0 Å². The molecule has 76 valence electrons. The van der Waals surface area contributed by atoms with Gasteiger partial charge in [-0.15, -0.1) is 0 Å². The molecule has 0 N–H and O–H groups in total. The first-order chi connectivity index (χ1) is 6.36. The molecule has 0 saturated heterocycles. The van der Waals surface area contributed by atoms with E-state index in [0.717, 1.165) is 0 Å². The Bertz CT molecular complexity index is 424. The average Bonchev–Trinajstić information content (AvgIpc) is 2.60. The highest BCUT2D eigenvalue weighted by molar-refractivity contribution is 5.53. The minimum absolute atomic E-state index is 0. The first kappa shape index (κ1) is 11.0. The van der Waals surface area contributed by atoms with E-state index < -0.39 is 0 Å². The number of benzene rings is 1. The molecular weight excluding hydrogens is 168 g/mol. The van der Waals surface area contributed by atoms with Gasteiger partial charge in [0, 0.05) is 0 Å². The third-order valence-electron chi connectivity index (χ3n) is 2.97. The molecule has 0 heteroatoms. The average molecular weight is 188 g/mol. The Balaban J connectivity index is 0.000000980. The highest BCUT2D eigenvalue weighted by atomic mass is 14.1. The normalized spacial score (nSPS) is 15.3. The summed E-state index contributed by atoms with van der Waals surface area (Å²) in [5.41, 5.74) is 3.19. The predicted octanol–water partition coefficient (Wildman–Crippen LogP) is 2.63. The van der Waals surface area contributed by atoms with E-state index in [0.29, 0.717) is 0 Å². The summed E-state index contributed by atoms with van der Waals surface area (Å²) in [6, 6.07) is 6.66. The number of hydrogen-bond acceptors (Lipinski definition) is 0. The summed E-state index contributed by atoms with van der Waals surface area (Å²) in [4.78, 5) is 0. The van der Waals surface area contributed by atoms with Gasteiger partial charge in [0.15, 0.2) is 0 Å². The van der Waals surface area contributed by atoms with Crippen molar-refractivity contribution >= 4 is 11.6 Å². The van der Waals surface area contributed by atoms with Crippen LogP contribution in [0.5, 0.6) is 0 Å². The molecular formula is C14H20. The third kappa shape index (κ3) is 1.61. The lowest BCUT2D eigenvalue weighted by molar-refractivity contribution is 1.02. The van der Waals surface area contributed by atoms with Crippen molar-refractivity contribution in [3.63, 3.8) is 0 Å². The zero-order valence-corrected chi connectivity index (χ0v) is 8.43. The van der Waals surface area contributed by atoms with Crippen molar-refractivity contribution in [1.82, 2.24) is 0 Å². The second-order valence-electron chi connectivity index (χ2n) is 3.63. The molecule has 0 bridgehead atoms. The van der Waals surface area contributed by atoms with E-state index in [2.05, 4.69) is 38.1 Å². The molecule has 0 radical (unpaired) electrons. The van der Waals surface area contributed by atoms with E-state index in [1.165, 1.54) is 24.5 Å². The quantitative estimate of drug-likeness (QED) is 0.635. The van der Waals surface area contributed by atoms with Gasteiger partial charge in [-0.25, -0.2) is 0 Å². The molecule has 0 amide bonds. The Kier molecular flexibility index (Phi) is 3.51. The second kappa shape index (κ2) is 4.45. The number of rotatable bonds is 1. The first-order valence-electron chi connectivity index (χ1n) is 5.13. The van der Waals surface area contributed by atoms with Crippen LogP contribution in [0.15, 0.2) is 18.2 Å². The topological polar surface area (TPSA) is 0 Å². The van der Waals surface area contributed by atoms with Gasteiger partial charge in [0.05, 0.1) is 0 Å². The van der Waals surface area contributed by atoms with Crippen LogP contribution in [0.4, 0.5) is 0 Å². The van der Waals surface area contributed by atoms with E-state index in [4.69, 9.17) is 0 Å². The molecule has 1 aliphatic rings. The molecule has 0 saturated carbocycles. The van der Waals surface area contributed by atoms with Crippen molar-refractivity contribution in [2.75, 3.05) is 0 Å². The zero-order valence-electron chi connectivity index (χ0n) is 8.43. The van der Waals surface area contributed by atoms with Crippen LogP contribution in [-0.2, 0) is 6.42 Å². The molecule has 1 aromatic carbocycles. The molecule has 0 spiro atoms. The van der Waals surface area contributed by atoms with E-state index in [1.54, 1.807) is 16.4 Å². The Morgan fingerprint density at radius 3 is 2.71 bits per heavy atom. The lowest BCUT2D eigenvalue weighted by Crippen LogP contribution is -2.26. The van der Waals surface area contributed by atoms with Gasteiger partial charge in [-0.2, -0.15) is 0 Å². The third-order valence-corrected chi connectivity index (χ3v) is 2.97. The molecule has 0 unspecified atom stereocenters. The SMILES string of the molecule is C.C/C=c1/cccc2c1=C(CC)CC2. The minimum Gasteiger partial charge on any atom is -0.0798 e. The highest BCUT2D eigenvalue weighted by Crippen LogP contribution is 2.15. The van der Waals surface area contributed by atoms with Gasteiger partial charge >= 0.3 is 0 Å². The monoisotopic (exact) mass is 188 g/mol. The van der Waals surface area contributed by atoms with Gasteiger partial charge in [0.1, 0.15) is 0 Å². The van der Waals surface area contributed by atoms with Crippen molar-refractivity contribution in [2.45, 2.75) is 40.5 Å². The lowest BCUT2D eigenvalue weighted by atomic mass is 10.1. The summed E-state index contributed by atoms with van der Waals surface area (Å²) in [5.74, 6) is 0. The number of hydrogen-bond donors (Lipinski definition) is 0. The van der Waals surface area contributed by atoms with Crippen LogP contribution in [0.3, 0.4) is 0 Å². The highest BCUT2D eigenvalue weighted by Gasteiger charge is 2.09. The van der Waals surface area contributed by atoms with Crippen LogP contribution in [-0.4, -0.2) is 0 Å². The number of aryl methyl sites for hydroxylation is 1. The Morgan fingerprint density at radius 2 is 2.07 bits per heavy atom. The van der Waals surface area contributed by atoms with Crippen molar-refractivity contribution in [3.8, 4) is 0 Å². The Hall–Kier alpha value is -1.04. The molecule has 2 rings (SSSR count). The van der Waals surface area contributed by atoms with Crippen molar-refractivity contribution in [3.05, 3.63) is 34.2 Å². The molecule has 14 heavy (non-hydrogen) atoms. The predicted molar refractivity (Wildman–Crippen MR) is 64.6 cm³/mol. The fraction of sp³-hybridized carbons (Fsp3) is 0.429. The van der Waals surface area contributed by atoms with Crippen LogP contribution in [0.1, 0.15) is 39.7 Å². The number of fused-ring (bicyclic) bond motifs is 1. The van der Waals surface area contributed by atoms with Crippen molar-refractivity contribution < 1.29 is 0 Å². The molecule has 0 nitrogen and oxygen atoms in total. The Morgan fingerprint density at radius 1 is 1.29 bits per heavy atom. The minimum atomic E-state index is 0. The molecule has 1 aliphatic carbocycles. The molecule has 0 atom stereocenters. The van der Waals surface area contributed by atoms with Crippen LogP contribution >= 0.6 is 0 Å². The summed E-state index contributed by atoms with van der Waals surface area (Å²) < 4.78 is 0. The molecule has 0 aliphatic heterocycles. The lowest BCUT2D eigenvalue weighted by Gasteiger charge is -1.95. The van der Waals surface area contributed by atoms with E-state index >= 15 is 0 Å². The maximum atomic E-state index is 2.27. The van der Waals surface area contributed by atoms with Gasteiger partial charge < -0.3 is 0 Å². The second-order valence-corrected chi connectivity index (χ2v) is 3.63. The van der Waals surface area contributed by atoms with Crippen LogP contribution in [0, 0.1) is 0 Å². The van der Waals surface area contributed by atoms with Gasteiger partial charge in [-0.1, -0.05) is 44.2 Å². The molecule has 0 aromatic heterocycles. The zero-order chi connectivity index (χ0) is 9.26. The maximum Gasteiger partial charge on any atom is -0.0163 e. The largest absolute Gasteiger partial charge is 0.0798 e. The maximum absolute atomic E-state index is 2.27. The summed E-state index contributed by atoms with van der Waals surface area (Å²) in [5, 5.41) is 2.97. The van der Waals surface area contributed by atoms with Gasteiger partial charge in [0.25, 0.3) is 0 Å². The fourth-order valence-electron chi connectivity index (χ4n) is 2.26. The van der Waals surface area contributed by atoms with Gasteiger partial charge in [0.2, 0.25) is 0 Å². The van der Waals surface area contributed by atoms with Crippen LogP contribution in [0.2, 0.25) is 0 Å².